The highest BCUT2D eigenvalue weighted by Crippen LogP contribution is 2.21. The zero-order valence-electron chi connectivity index (χ0n) is 9.08. The summed E-state index contributed by atoms with van der Waals surface area (Å²) < 4.78 is 26.3. The lowest BCUT2D eigenvalue weighted by Crippen LogP contribution is -2.15. The van der Waals surface area contributed by atoms with Crippen molar-refractivity contribution in [3.8, 4) is 0 Å². The Kier molecular flexibility index (Phi) is 3.45. The fraction of sp³-hybridized carbons (Fsp3) is 0.111. The van der Waals surface area contributed by atoms with E-state index in [2.05, 4.69) is 14.9 Å². The van der Waals surface area contributed by atoms with Crippen LogP contribution < -0.4 is 16.0 Å². The number of rotatable bonds is 4. The first-order valence-corrected chi connectivity index (χ1v) is 7.23. The summed E-state index contributed by atoms with van der Waals surface area (Å²) in [5, 5.41) is 7.38. The van der Waals surface area contributed by atoms with Crippen LogP contribution in [0, 0.1) is 0 Å². The van der Waals surface area contributed by atoms with Gasteiger partial charge in [-0.2, -0.15) is 5.10 Å². The van der Waals surface area contributed by atoms with Gasteiger partial charge in [-0.05, 0) is 23.1 Å². The molecule has 0 amide bonds. The van der Waals surface area contributed by atoms with Crippen LogP contribution in [0.25, 0.3) is 0 Å². The average molecular weight is 286 g/mol. The summed E-state index contributed by atoms with van der Waals surface area (Å²) in [6.45, 7) is 0.281. The van der Waals surface area contributed by atoms with Crippen molar-refractivity contribution in [2.45, 2.75) is 10.8 Å². The van der Waals surface area contributed by atoms with Gasteiger partial charge in [0.25, 0.3) is 15.6 Å². The molecule has 0 spiro atoms. The SMILES string of the molecule is NCc1csc(S(=O)(=O)Nc2ccc(=O)[nH]n2)c1. The molecule has 96 valence electrons. The van der Waals surface area contributed by atoms with Gasteiger partial charge in [0, 0.05) is 12.6 Å². The van der Waals surface area contributed by atoms with Crippen LogP contribution in [0.2, 0.25) is 0 Å². The molecule has 9 heteroatoms. The number of H-pyrrole nitrogens is 1. The first-order valence-electron chi connectivity index (χ1n) is 4.87. The van der Waals surface area contributed by atoms with Gasteiger partial charge in [0.05, 0.1) is 0 Å². The van der Waals surface area contributed by atoms with Gasteiger partial charge in [0.15, 0.2) is 5.82 Å². The third-order valence-corrected chi connectivity index (χ3v) is 4.89. The van der Waals surface area contributed by atoms with E-state index in [0.717, 1.165) is 16.9 Å². The molecule has 2 aromatic rings. The topological polar surface area (TPSA) is 118 Å². The minimum Gasteiger partial charge on any atom is -0.326 e. The Morgan fingerprint density at radius 3 is 2.78 bits per heavy atom. The first-order chi connectivity index (χ1) is 8.51. The highest BCUT2D eigenvalue weighted by Gasteiger charge is 2.17. The quantitative estimate of drug-likeness (QED) is 0.736. The van der Waals surface area contributed by atoms with Crippen molar-refractivity contribution in [1.29, 1.82) is 0 Å². The van der Waals surface area contributed by atoms with E-state index in [0.29, 0.717) is 0 Å². The van der Waals surface area contributed by atoms with Gasteiger partial charge in [-0.25, -0.2) is 13.5 Å². The zero-order chi connectivity index (χ0) is 13.2. The second-order valence-electron chi connectivity index (χ2n) is 3.39. The van der Waals surface area contributed by atoms with Crippen molar-refractivity contribution in [1.82, 2.24) is 10.2 Å². The molecule has 7 nitrogen and oxygen atoms in total. The number of sulfonamides is 1. The van der Waals surface area contributed by atoms with Crippen LogP contribution in [0.4, 0.5) is 5.82 Å². The van der Waals surface area contributed by atoms with E-state index < -0.39 is 15.6 Å². The maximum absolute atomic E-state index is 11.9. The maximum Gasteiger partial charge on any atom is 0.272 e. The number of nitrogens with zero attached hydrogens (tertiary/aromatic N) is 1. The number of hydrogen-bond donors (Lipinski definition) is 3. The molecule has 0 unspecified atom stereocenters. The van der Waals surface area contributed by atoms with Gasteiger partial charge in [0.1, 0.15) is 4.21 Å². The molecule has 0 aromatic carbocycles. The van der Waals surface area contributed by atoms with Gasteiger partial charge in [0.2, 0.25) is 0 Å². The van der Waals surface area contributed by atoms with Gasteiger partial charge < -0.3 is 5.73 Å². The predicted molar refractivity (Wildman–Crippen MR) is 67.9 cm³/mol. The first kappa shape index (κ1) is 12.7. The van der Waals surface area contributed by atoms with E-state index in [9.17, 15) is 13.2 Å². The fourth-order valence-electron chi connectivity index (χ4n) is 1.19. The summed E-state index contributed by atoms with van der Waals surface area (Å²) in [6.07, 6.45) is 0. The predicted octanol–water partition coefficient (Wildman–Crippen LogP) is 0.0909. The molecule has 0 aliphatic carbocycles. The van der Waals surface area contributed by atoms with Crippen molar-refractivity contribution < 1.29 is 8.42 Å². The Labute approximate surface area is 107 Å². The van der Waals surface area contributed by atoms with E-state index >= 15 is 0 Å². The molecule has 2 rings (SSSR count). The van der Waals surface area contributed by atoms with E-state index in [1.54, 1.807) is 5.38 Å². The minimum absolute atomic E-state index is 0.0531. The smallest absolute Gasteiger partial charge is 0.272 e. The van der Waals surface area contributed by atoms with E-state index in [1.807, 2.05) is 0 Å². The number of aromatic amines is 1. The third-order valence-electron chi connectivity index (χ3n) is 2.05. The molecule has 0 atom stereocenters. The fourth-order valence-corrected chi connectivity index (χ4v) is 3.41. The number of hydrogen-bond acceptors (Lipinski definition) is 6. The third kappa shape index (κ3) is 2.75. The molecule has 0 saturated heterocycles. The number of anilines is 1. The van der Waals surface area contributed by atoms with Crippen LogP contribution >= 0.6 is 11.3 Å². The van der Waals surface area contributed by atoms with E-state index in [4.69, 9.17) is 5.73 Å². The van der Waals surface area contributed by atoms with Gasteiger partial charge >= 0.3 is 0 Å². The molecule has 0 aliphatic heterocycles. The monoisotopic (exact) mass is 286 g/mol. The highest BCUT2D eigenvalue weighted by atomic mass is 32.2. The molecule has 2 aromatic heterocycles. The Bertz CT molecular complexity index is 684. The Morgan fingerprint density at radius 1 is 1.44 bits per heavy atom. The van der Waals surface area contributed by atoms with Crippen molar-refractivity contribution in [3.63, 3.8) is 0 Å². The lowest BCUT2D eigenvalue weighted by molar-refractivity contribution is 0.602. The van der Waals surface area contributed by atoms with Crippen LogP contribution in [-0.2, 0) is 16.6 Å². The van der Waals surface area contributed by atoms with Crippen molar-refractivity contribution >= 4 is 27.2 Å². The van der Waals surface area contributed by atoms with Crippen LogP contribution in [0.5, 0.6) is 0 Å². The van der Waals surface area contributed by atoms with Gasteiger partial charge in [-0.3, -0.25) is 9.52 Å². The lowest BCUT2D eigenvalue weighted by Gasteiger charge is -2.03. The van der Waals surface area contributed by atoms with Gasteiger partial charge in [-0.15, -0.1) is 11.3 Å². The minimum atomic E-state index is -3.69. The molecule has 0 fully saturated rings. The molecule has 0 bridgehead atoms. The van der Waals surface area contributed by atoms with Gasteiger partial charge in [-0.1, -0.05) is 0 Å². The van der Waals surface area contributed by atoms with Crippen molar-refractivity contribution in [2.24, 2.45) is 5.73 Å². The standard InChI is InChI=1S/C9H10N4O3S2/c10-4-6-3-9(17-5-6)18(15,16)13-7-1-2-8(14)12-11-7/h1-3,5H,4,10H2,(H,11,13)(H,12,14). The van der Waals surface area contributed by atoms with Crippen molar-refractivity contribution in [2.75, 3.05) is 4.72 Å². The second-order valence-corrected chi connectivity index (χ2v) is 6.21. The van der Waals surface area contributed by atoms with Crippen molar-refractivity contribution in [3.05, 3.63) is 39.5 Å². The highest BCUT2D eigenvalue weighted by molar-refractivity contribution is 7.94. The molecular formula is C9H10N4O3S2. The summed E-state index contributed by atoms with van der Waals surface area (Å²) in [5.41, 5.74) is 5.76. The normalized spacial score (nSPS) is 11.4. The summed E-state index contributed by atoms with van der Waals surface area (Å²) >= 11 is 1.07. The molecule has 0 aliphatic rings. The number of aromatic nitrogens is 2. The largest absolute Gasteiger partial charge is 0.326 e. The van der Waals surface area contributed by atoms with E-state index in [-0.39, 0.29) is 16.6 Å². The summed E-state index contributed by atoms with van der Waals surface area (Å²) in [5.74, 6) is 0.0531. The van der Waals surface area contributed by atoms with E-state index in [1.165, 1.54) is 18.2 Å². The number of nitrogens with two attached hydrogens (primary N) is 1. The molecule has 4 N–H and O–H groups in total. The lowest BCUT2D eigenvalue weighted by atomic mass is 10.4. The van der Waals surface area contributed by atoms with Crippen LogP contribution in [0.1, 0.15) is 5.56 Å². The molecule has 18 heavy (non-hydrogen) atoms. The summed E-state index contributed by atoms with van der Waals surface area (Å²) in [6, 6.07) is 3.97. The summed E-state index contributed by atoms with van der Waals surface area (Å²) in [4.78, 5) is 10.8. The molecule has 0 radical (unpaired) electrons. The molecular weight excluding hydrogens is 276 g/mol. The molecule has 0 saturated carbocycles. The maximum atomic E-state index is 11.9. The Hall–Kier alpha value is -1.71. The Morgan fingerprint density at radius 2 is 2.22 bits per heavy atom. The van der Waals surface area contributed by atoms with Crippen LogP contribution in [-0.4, -0.2) is 18.6 Å². The summed E-state index contributed by atoms with van der Waals surface area (Å²) in [7, 11) is -3.69. The number of thiophene rings is 1. The average Bonchev–Trinajstić information content (AvgIpc) is 2.81. The van der Waals surface area contributed by atoms with Crippen LogP contribution in [0.3, 0.4) is 0 Å². The Balaban J connectivity index is 2.26. The molecule has 2 heterocycles. The second kappa shape index (κ2) is 4.88. The van der Waals surface area contributed by atoms with Crippen LogP contribution in [0.15, 0.2) is 32.6 Å². The zero-order valence-corrected chi connectivity index (χ0v) is 10.7. The number of nitrogens with one attached hydrogen (secondary N) is 2.